The van der Waals surface area contributed by atoms with Crippen LogP contribution in [0.25, 0.3) is 0 Å². The Morgan fingerprint density at radius 2 is 1.96 bits per heavy atom. The van der Waals surface area contributed by atoms with Crippen LogP contribution in [0.4, 0.5) is 5.82 Å². The maximum Gasteiger partial charge on any atom is 0.237 e. The zero-order valence-electron chi connectivity index (χ0n) is 14.8. The van der Waals surface area contributed by atoms with Crippen molar-refractivity contribution in [1.82, 2.24) is 14.8 Å². The van der Waals surface area contributed by atoms with Gasteiger partial charge in [0.25, 0.3) is 0 Å². The number of piperazine rings is 1. The highest BCUT2D eigenvalue weighted by atomic mass is 16.5. The highest BCUT2D eigenvalue weighted by molar-refractivity contribution is 5.79. The van der Waals surface area contributed by atoms with Crippen molar-refractivity contribution in [2.45, 2.75) is 37.8 Å². The molecule has 2 saturated heterocycles. The molecule has 1 aliphatic carbocycles. The summed E-state index contributed by atoms with van der Waals surface area (Å²) in [6.07, 6.45) is 6.77. The summed E-state index contributed by atoms with van der Waals surface area (Å²) in [6.45, 7) is 5.69. The molecule has 3 fully saturated rings. The molecule has 2 unspecified atom stereocenters. The molecule has 0 bridgehead atoms. The highest BCUT2D eigenvalue weighted by Gasteiger charge is 2.37. The smallest absolute Gasteiger partial charge is 0.237 e. The fourth-order valence-corrected chi connectivity index (χ4v) is 4.36. The SMILES string of the molecule is O=C(CN1CCN(c2ccccn2)CC1)N1CCOC2CCCCC21. The summed E-state index contributed by atoms with van der Waals surface area (Å²) in [5.41, 5.74) is 0. The third-order valence-corrected chi connectivity index (χ3v) is 5.76. The first kappa shape index (κ1) is 16.8. The van der Waals surface area contributed by atoms with Gasteiger partial charge in [-0.2, -0.15) is 0 Å². The molecular weight excluding hydrogens is 316 g/mol. The molecule has 0 N–H and O–H groups in total. The standard InChI is InChI=1S/C19H28N4O2/c24-19(23-13-14-25-17-6-2-1-5-16(17)23)15-21-9-11-22(12-10-21)18-7-3-4-8-20-18/h3-4,7-8,16-17H,1-2,5-6,9-15H2. The molecule has 6 nitrogen and oxygen atoms in total. The lowest BCUT2D eigenvalue weighted by Gasteiger charge is -2.44. The number of fused-ring (bicyclic) bond motifs is 1. The monoisotopic (exact) mass is 344 g/mol. The number of pyridine rings is 1. The number of amides is 1. The van der Waals surface area contributed by atoms with E-state index in [0.717, 1.165) is 51.4 Å². The summed E-state index contributed by atoms with van der Waals surface area (Å²) >= 11 is 0. The first-order valence-corrected chi connectivity index (χ1v) is 9.61. The van der Waals surface area contributed by atoms with Gasteiger partial charge in [0.05, 0.1) is 25.3 Å². The lowest BCUT2D eigenvalue weighted by atomic mass is 9.90. The predicted octanol–water partition coefficient (Wildman–Crippen LogP) is 1.37. The van der Waals surface area contributed by atoms with Crippen LogP contribution in [0.2, 0.25) is 0 Å². The van der Waals surface area contributed by atoms with E-state index in [1.807, 2.05) is 18.3 Å². The molecule has 1 aromatic heterocycles. The number of ether oxygens (including phenoxy) is 1. The van der Waals surface area contributed by atoms with Crippen molar-refractivity contribution in [3.05, 3.63) is 24.4 Å². The van der Waals surface area contributed by atoms with Gasteiger partial charge in [-0.05, 0) is 25.0 Å². The molecule has 1 aromatic rings. The number of nitrogens with zero attached hydrogens (tertiary/aromatic N) is 4. The van der Waals surface area contributed by atoms with Crippen LogP contribution in [0.5, 0.6) is 0 Å². The van der Waals surface area contributed by atoms with E-state index in [1.165, 1.54) is 12.8 Å². The Balaban J connectivity index is 1.30. The fourth-order valence-electron chi connectivity index (χ4n) is 4.36. The van der Waals surface area contributed by atoms with E-state index < -0.39 is 0 Å². The van der Waals surface area contributed by atoms with Crippen molar-refractivity contribution in [3.8, 4) is 0 Å². The minimum atomic E-state index is 0.271. The van der Waals surface area contributed by atoms with Crippen LogP contribution in [0.3, 0.4) is 0 Å². The Kier molecular flexibility index (Phi) is 5.17. The molecular formula is C19H28N4O2. The first-order valence-electron chi connectivity index (χ1n) is 9.61. The van der Waals surface area contributed by atoms with Crippen molar-refractivity contribution in [2.75, 3.05) is 50.8 Å². The summed E-state index contributed by atoms with van der Waals surface area (Å²) in [6, 6.07) is 6.33. The Labute approximate surface area is 149 Å². The lowest BCUT2D eigenvalue weighted by molar-refractivity contribution is -0.150. The van der Waals surface area contributed by atoms with E-state index in [-0.39, 0.29) is 12.0 Å². The minimum absolute atomic E-state index is 0.271. The number of carbonyl (C=O) groups excluding carboxylic acids is 1. The van der Waals surface area contributed by atoms with Crippen LogP contribution in [0, 0.1) is 0 Å². The summed E-state index contributed by atoms with van der Waals surface area (Å²) in [5, 5.41) is 0. The number of hydrogen-bond acceptors (Lipinski definition) is 5. The molecule has 6 heteroatoms. The topological polar surface area (TPSA) is 48.9 Å². The summed E-state index contributed by atoms with van der Waals surface area (Å²) in [4.78, 5) is 24.0. The summed E-state index contributed by atoms with van der Waals surface area (Å²) < 4.78 is 5.89. The van der Waals surface area contributed by atoms with E-state index in [0.29, 0.717) is 19.2 Å². The molecule has 2 atom stereocenters. The quantitative estimate of drug-likeness (QED) is 0.829. The average Bonchev–Trinajstić information content (AvgIpc) is 2.69. The van der Waals surface area contributed by atoms with Crippen molar-refractivity contribution < 1.29 is 9.53 Å². The molecule has 0 spiro atoms. The van der Waals surface area contributed by atoms with Gasteiger partial charge in [-0.25, -0.2) is 4.98 Å². The Morgan fingerprint density at radius 3 is 2.76 bits per heavy atom. The summed E-state index contributed by atoms with van der Waals surface area (Å²) in [5.74, 6) is 1.32. The van der Waals surface area contributed by atoms with E-state index in [9.17, 15) is 4.79 Å². The van der Waals surface area contributed by atoms with Gasteiger partial charge in [0.1, 0.15) is 5.82 Å². The van der Waals surface area contributed by atoms with Gasteiger partial charge in [-0.3, -0.25) is 9.69 Å². The van der Waals surface area contributed by atoms with Crippen LogP contribution in [0.1, 0.15) is 25.7 Å². The molecule has 0 aromatic carbocycles. The lowest BCUT2D eigenvalue weighted by Crippen LogP contribution is -2.58. The van der Waals surface area contributed by atoms with E-state index >= 15 is 0 Å². The molecule has 1 amide bonds. The second kappa shape index (κ2) is 7.70. The van der Waals surface area contributed by atoms with Gasteiger partial charge in [0.15, 0.2) is 0 Å². The molecule has 0 radical (unpaired) electrons. The fraction of sp³-hybridized carbons (Fsp3) is 0.684. The van der Waals surface area contributed by atoms with Crippen molar-refractivity contribution in [2.24, 2.45) is 0 Å². The Hall–Kier alpha value is -1.66. The van der Waals surface area contributed by atoms with Crippen LogP contribution < -0.4 is 4.90 Å². The second-order valence-corrected chi connectivity index (χ2v) is 7.30. The van der Waals surface area contributed by atoms with Gasteiger partial charge >= 0.3 is 0 Å². The van der Waals surface area contributed by atoms with Gasteiger partial charge in [0, 0.05) is 38.9 Å². The molecule has 1 saturated carbocycles. The van der Waals surface area contributed by atoms with Gasteiger partial charge < -0.3 is 14.5 Å². The number of aromatic nitrogens is 1. The van der Waals surface area contributed by atoms with E-state index in [1.54, 1.807) is 0 Å². The zero-order chi connectivity index (χ0) is 17.1. The number of hydrogen-bond donors (Lipinski definition) is 0. The predicted molar refractivity (Wildman–Crippen MR) is 96.6 cm³/mol. The maximum absolute atomic E-state index is 12.9. The molecule has 2 aliphatic heterocycles. The molecule has 136 valence electrons. The summed E-state index contributed by atoms with van der Waals surface area (Å²) in [7, 11) is 0. The number of rotatable bonds is 3. The minimum Gasteiger partial charge on any atom is -0.374 e. The average molecular weight is 344 g/mol. The molecule has 4 rings (SSSR count). The maximum atomic E-state index is 12.9. The molecule has 25 heavy (non-hydrogen) atoms. The number of anilines is 1. The largest absolute Gasteiger partial charge is 0.374 e. The van der Waals surface area contributed by atoms with Crippen LogP contribution in [0.15, 0.2) is 24.4 Å². The van der Waals surface area contributed by atoms with Crippen LogP contribution >= 0.6 is 0 Å². The van der Waals surface area contributed by atoms with E-state index in [4.69, 9.17) is 4.74 Å². The van der Waals surface area contributed by atoms with E-state index in [2.05, 4.69) is 25.8 Å². The van der Waals surface area contributed by atoms with Crippen LogP contribution in [-0.4, -0.2) is 78.7 Å². The van der Waals surface area contributed by atoms with Crippen molar-refractivity contribution in [3.63, 3.8) is 0 Å². The Bertz CT molecular complexity index is 572. The third kappa shape index (κ3) is 3.80. The Morgan fingerprint density at radius 1 is 1.12 bits per heavy atom. The van der Waals surface area contributed by atoms with Gasteiger partial charge in [-0.1, -0.05) is 18.9 Å². The zero-order valence-corrected chi connectivity index (χ0v) is 14.8. The number of carbonyl (C=O) groups is 1. The molecule has 3 aliphatic rings. The van der Waals surface area contributed by atoms with Crippen molar-refractivity contribution in [1.29, 1.82) is 0 Å². The van der Waals surface area contributed by atoms with Crippen molar-refractivity contribution >= 4 is 11.7 Å². The van der Waals surface area contributed by atoms with Gasteiger partial charge in [0.2, 0.25) is 5.91 Å². The second-order valence-electron chi connectivity index (χ2n) is 7.30. The van der Waals surface area contributed by atoms with Gasteiger partial charge in [-0.15, -0.1) is 0 Å². The van der Waals surface area contributed by atoms with Crippen LogP contribution in [-0.2, 0) is 9.53 Å². The molecule has 3 heterocycles. The number of morpholine rings is 1. The third-order valence-electron chi connectivity index (χ3n) is 5.76. The highest BCUT2D eigenvalue weighted by Crippen LogP contribution is 2.28. The first-order chi connectivity index (χ1) is 12.3. The normalized spacial score (nSPS) is 27.8.